The van der Waals surface area contributed by atoms with Crippen molar-refractivity contribution in [3.05, 3.63) is 35.8 Å². The van der Waals surface area contributed by atoms with E-state index in [-0.39, 0.29) is 12.1 Å². The van der Waals surface area contributed by atoms with Gasteiger partial charge in [-0.1, -0.05) is 6.07 Å². The molecular formula is C18H26N4O2. The summed E-state index contributed by atoms with van der Waals surface area (Å²) in [6.07, 6.45) is 5.05. The Morgan fingerprint density at radius 3 is 2.92 bits per heavy atom. The minimum Gasteiger partial charge on any atom is -0.389 e. The first-order chi connectivity index (χ1) is 11.7. The van der Waals surface area contributed by atoms with Crippen molar-refractivity contribution in [2.75, 3.05) is 39.4 Å². The molecule has 24 heavy (non-hydrogen) atoms. The van der Waals surface area contributed by atoms with E-state index in [1.807, 2.05) is 0 Å². The number of ether oxygens (including phenoxy) is 1. The maximum absolute atomic E-state index is 10.0. The topological polar surface area (TPSA) is 53.2 Å². The van der Waals surface area contributed by atoms with Gasteiger partial charge in [-0.15, -0.1) is 0 Å². The summed E-state index contributed by atoms with van der Waals surface area (Å²) in [5.41, 5.74) is 3.38. The van der Waals surface area contributed by atoms with E-state index in [2.05, 4.69) is 45.7 Å². The third-order valence-corrected chi connectivity index (χ3v) is 5.15. The summed E-state index contributed by atoms with van der Waals surface area (Å²) in [7, 11) is 0. The minimum absolute atomic E-state index is 0.170. The van der Waals surface area contributed by atoms with E-state index in [0.29, 0.717) is 13.2 Å². The summed E-state index contributed by atoms with van der Waals surface area (Å²) in [6, 6.07) is 4.35. The van der Waals surface area contributed by atoms with Crippen LogP contribution < -0.4 is 0 Å². The zero-order chi connectivity index (χ0) is 16.5. The molecule has 130 valence electrons. The van der Waals surface area contributed by atoms with E-state index in [9.17, 15) is 5.11 Å². The Labute approximate surface area is 142 Å². The lowest BCUT2D eigenvalue weighted by Gasteiger charge is -2.28. The largest absolute Gasteiger partial charge is 0.389 e. The van der Waals surface area contributed by atoms with Crippen LogP contribution in [0.3, 0.4) is 0 Å². The Hall–Kier alpha value is -1.47. The average Bonchev–Trinajstić information content (AvgIpc) is 3.08. The number of aliphatic hydroxyl groups excluding tert-OH is 1. The predicted molar refractivity (Wildman–Crippen MR) is 92.0 cm³/mol. The van der Waals surface area contributed by atoms with Gasteiger partial charge in [-0.3, -0.25) is 9.80 Å². The van der Waals surface area contributed by atoms with Crippen LogP contribution >= 0.6 is 0 Å². The van der Waals surface area contributed by atoms with Gasteiger partial charge in [-0.25, -0.2) is 4.98 Å². The SMILES string of the molecule is Cc1ccc2nc(CN3CCCN([C@H]4COC[C@@H]4O)CC3)cn2c1. The molecule has 2 fully saturated rings. The molecule has 6 heteroatoms. The fraction of sp³-hybridized carbons (Fsp3) is 0.611. The molecule has 0 spiro atoms. The zero-order valence-electron chi connectivity index (χ0n) is 14.3. The van der Waals surface area contributed by atoms with Gasteiger partial charge in [0.25, 0.3) is 0 Å². The molecule has 2 atom stereocenters. The van der Waals surface area contributed by atoms with E-state index >= 15 is 0 Å². The number of hydrogen-bond donors (Lipinski definition) is 1. The molecule has 0 aromatic carbocycles. The van der Waals surface area contributed by atoms with Gasteiger partial charge < -0.3 is 14.2 Å². The summed E-state index contributed by atoms with van der Waals surface area (Å²) in [5.74, 6) is 0. The molecule has 0 bridgehead atoms. The average molecular weight is 330 g/mol. The number of aryl methyl sites for hydroxylation is 1. The van der Waals surface area contributed by atoms with Crippen molar-refractivity contribution >= 4 is 5.65 Å². The van der Waals surface area contributed by atoms with Crippen LogP contribution in [0.15, 0.2) is 24.5 Å². The van der Waals surface area contributed by atoms with Crippen molar-refractivity contribution in [3.63, 3.8) is 0 Å². The van der Waals surface area contributed by atoms with E-state index < -0.39 is 0 Å². The van der Waals surface area contributed by atoms with Crippen LogP contribution in [0.5, 0.6) is 0 Å². The van der Waals surface area contributed by atoms with Crippen LogP contribution in [-0.4, -0.2) is 75.8 Å². The standard InChI is InChI=1S/C18H26N4O2/c1-14-3-4-18-19-15(11-22(18)9-14)10-20-5-2-6-21(8-7-20)16-12-24-13-17(16)23/h3-4,9,11,16-17,23H,2,5-8,10,12-13H2,1H3/t16-,17-/m0/s1. The summed E-state index contributed by atoms with van der Waals surface area (Å²) >= 11 is 0. The van der Waals surface area contributed by atoms with E-state index in [0.717, 1.165) is 50.5 Å². The van der Waals surface area contributed by atoms with Crippen molar-refractivity contribution < 1.29 is 9.84 Å². The minimum atomic E-state index is -0.335. The quantitative estimate of drug-likeness (QED) is 0.907. The molecule has 2 aliphatic heterocycles. The molecule has 4 heterocycles. The number of aromatic nitrogens is 2. The Balaban J connectivity index is 1.39. The van der Waals surface area contributed by atoms with Crippen LogP contribution in [0.1, 0.15) is 17.7 Å². The lowest BCUT2D eigenvalue weighted by molar-refractivity contribution is 0.0837. The number of nitrogens with zero attached hydrogens (tertiary/aromatic N) is 4. The highest BCUT2D eigenvalue weighted by Crippen LogP contribution is 2.17. The Kier molecular flexibility index (Phi) is 4.54. The highest BCUT2D eigenvalue weighted by molar-refractivity contribution is 5.41. The van der Waals surface area contributed by atoms with E-state index in [4.69, 9.17) is 9.72 Å². The second-order valence-electron chi connectivity index (χ2n) is 7.04. The molecule has 0 saturated carbocycles. The lowest BCUT2D eigenvalue weighted by atomic mass is 10.2. The number of hydrogen-bond acceptors (Lipinski definition) is 5. The maximum Gasteiger partial charge on any atom is 0.137 e. The monoisotopic (exact) mass is 330 g/mol. The number of aliphatic hydroxyl groups is 1. The number of imidazole rings is 1. The molecule has 2 saturated heterocycles. The van der Waals surface area contributed by atoms with Crippen LogP contribution in [-0.2, 0) is 11.3 Å². The fourth-order valence-corrected chi connectivity index (χ4v) is 3.82. The molecule has 2 aliphatic rings. The molecule has 2 aromatic rings. The second-order valence-corrected chi connectivity index (χ2v) is 7.04. The molecular weight excluding hydrogens is 304 g/mol. The van der Waals surface area contributed by atoms with E-state index in [1.165, 1.54) is 5.56 Å². The van der Waals surface area contributed by atoms with Gasteiger partial charge in [-0.2, -0.15) is 0 Å². The van der Waals surface area contributed by atoms with Gasteiger partial charge >= 0.3 is 0 Å². The summed E-state index contributed by atoms with van der Waals surface area (Å²) in [6.45, 7) is 8.23. The number of pyridine rings is 1. The van der Waals surface area contributed by atoms with Gasteiger partial charge in [0.15, 0.2) is 0 Å². The normalized spacial score (nSPS) is 26.9. The highest BCUT2D eigenvalue weighted by Gasteiger charge is 2.32. The number of fused-ring (bicyclic) bond motifs is 1. The first-order valence-electron chi connectivity index (χ1n) is 8.85. The van der Waals surface area contributed by atoms with Crippen LogP contribution in [0.4, 0.5) is 0 Å². The lowest BCUT2D eigenvalue weighted by Crippen LogP contribution is -2.44. The van der Waals surface area contributed by atoms with Crippen LogP contribution in [0.25, 0.3) is 5.65 Å². The van der Waals surface area contributed by atoms with Gasteiger partial charge in [0.2, 0.25) is 0 Å². The summed E-state index contributed by atoms with van der Waals surface area (Å²) in [4.78, 5) is 9.60. The van der Waals surface area contributed by atoms with Gasteiger partial charge in [0, 0.05) is 32.0 Å². The van der Waals surface area contributed by atoms with E-state index in [1.54, 1.807) is 0 Å². The molecule has 1 N–H and O–H groups in total. The van der Waals surface area contributed by atoms with Gasteiger partial charge in [0.05, 0.1) is 31.1 Å². The fourth-order valence-electron chi connectivity index (χ4n) is 3.82. The third kappa shape index (κ3) is 3.32. The molecule has 0 amide bonds. The first kappa shape index (κ1) is 16.0. The van der Waals surface area contributed by atoms with Crippen molar-refractivity contribution in [2.24, 2.45) is 0 Å². The Morgan fingerprint density at radius 1 is 1.17 bits per heavy atom. The zero-order valence-corrected chi connectivity index (χ0v) is 14.3. The molecule has 2 aromatic heterocycles. The molecule has 4 rings (SSSR count). The molecule has 0 aliphatic carbocycles. The smallest absolute Gasteiger partial charge is 0.137 e. The van der Waals surface area contributed by atoms with Crippen molar-refractivity contribution in [1.82, 2.24) is 19.2 Å². The maximum atomic E-state index is 10.0. The second kappa shape index (κ2) is 6.80. The highest BCUT2D eigenvalue weighted by atomic mass is 16.5. The van der Waals surface area contributed by atoms with Gasteiger partial charge in [-0.05, 0) is 38.1 Å². The van der Waals surface area contributed by atoms with Gasteiger partial charge in [0.1, 0.15) is 5.65 Å². The predicted octanol–water partition coefficient (Wildman–Crippen LogP) is 0.910. The molecule has 0 radical (unpaired) electrons. The summed E-state index contributed by atoms with van der Waals surface area (Å²) < 4.78 is 7.52. The van der Waals surface area contributed by atoms with Crippen molar-refractivity contribution in [3.8, 4) is 0 Å². The van der Waals surface area contributed by atoms with Crippen LogP contribution in [0.2, 0.25) is 0 Å². The summed E-state index contributed by atoms with van der Waals surface area (Å²) in [5, 5.41) is 10.0. The first-order valence-corrected chi connectivity index (χ1v) is 8.85. The van der Waals surface area contributed by atoms with Crippen molar-refractivity contribution in [2.45, 2.75) is 32.0 Å². The Bertz CT molecular complexity index is 701. The van der Waals surface area contributed by atoms with Crippen molar-refractivity contribution in [1.29, 1.82) is 0 Å². The molecule has 0 unspecified atom stereocenters. The third-order valence-electron chi connectivity index (χ3n) is 5.15. The van der Waals surface area contributed by atoms with Crippen LogP contribution in [0, 0.1) is 6.92 Å². The Morgan fingerprint density at radius 2 is 2.08 bits per heavy atom. The number of rotatable bonds is 3. The molecule has 6 nitrogen and oxygen atoms in total.